The van der Waals surface area contributed by atoms with Crippen molar-refractivity contribution >= 4 is 35.2 Å². The zero-order chi connectivity index (χ0) is 17.9. The minimum atomic E-state index is -0.434. The number of nitrogens with zero attached hydrogens (tertiary/aromatic N) is 2. The third-order valence-electron chi connectivity index (χ3n) is 4.11. The Kier molecular flexibility index (Phi) is 6.17. The maximum atomic E-state index is 12.8. The van der Waals surface area contributed by atoms with Crippen LogP contribution < -0.4 is 5.73 Å². The molecular formula is C17H24ClN3O2S. The summed E-state index contributed by atoms with van der Waals surface area (Å²) < 4.78 is 0. The number of thioether (sulfide) groups is 1. The molecule has 1 aliphatic rings. The van der Waals surface area contributed by atoms with Gasteiger partial charge in [0.05, 0.1) is 5.88 Å². The molecule has 0 aromatic heterocycles. The summed E-state index contributed by atoms with van der Waals surface area (Å²) in [6.45, 7) is 5.11. The number of benzene rings is 1. The molecule has 2 rings (SSSR count). The fourth-order valence-corrected chi connectivity index (χ4v) is 3.92. The highest BCUT2D eigenvalue weighted by Gasteiger charge is 2.37. The molecule has 1 unspecified atom stereocenters. The van der Waals surface area contributed by atoms with Crippen molar-refractivity contribution in [3.63, 3.8) is 0 Å². The van der Waals surface area contributed by atoms with Crippen LogP contribution in [0.1, 0.15) is 24.2 Å². The van der Waals surface area contributed by atoms with Crippen molar-refractivity contribution in [1.82, 2.24) is 9.80 Å². The van der Waals surface area contributed by atoms with Gasteiger partial charge in [-0.05, 0) is 36.2 Å². The average Bonchev–Trinajstić information content (AvgIpc) is 3.03. The van der Waals surface area contributed by atoms with Crippen LogP contribution in [0.15, 0.2) is 24.3 Å². The van der Waals surface area contributed by atoms with E-state index >= 15 is 0 Å². The quantitative estimate of drug-likeness (QED) is 0.864. The molecule has 24 heavy (non-hydrogen) atoms. The summed E-state index contributed by atoms with van der Waals surface area (Å²) in [4.78, 5) is 28.8. The monoisotopic (exact) mass is 369 g/mol. The second-order valence-electron chi connectivity index (χ2n) is 6.86. The molecule has 0 spiro atoms. The summed E-state index contributed by atoms with van der Waals surface area (Å²) in [6.07, 6.45) is 0. The van der Waals surface area contributed by atoms with E-state index in [0.717, 1.165) is 0 Å². The highest BCUT2D eigenvalue weighted by Crippen LogP contribution is 2.26. The Bertz CT molecular complexity index is 606. The van der Waals surface area contributed by atoms with E-state index in [-0.39, 0.29) is 17.2 Å². The molecule has 1 aliphatic heterocycles. The number of carbonyl (C=O) groups is 2. The number of halogens is 1. The summed E-state index contributed by atoms with van der Waals surface area (Å²) >= 11 is 7.46. The number of rotatable bonds is 5. The Hall–Kier alpha value is -1.24. The zero-order valence-corrected chi connectivity index (χ0v) is 15.9. The second kappa shape index (κ2) is 7.76. The lowest BCUT2D eigenvalue weighted by molar-refractivity contribution is -0.134. The van der Waals surface area contributed by atoms with Crippen molar-refractivity contribution in [2.45, 2.75) is 19.9 Å². The van der Waals surface area contributed by atoms with Gasteiger partial charge in [-0.15, -0.1) is 11.8 Å². The van der Waals surface area contributed by atoms with E-state index in [1.807, 2.05) is 13.8 Å². The van der Waals surface area contributed by atoms with E-state index < -0.39 is 6.04 Å². The SMILES string of the molecule is CN(CC(C)(C)CN)C(=O)C1CSCN1C(=O)c1ccc(Cl)cc1. The number of hydrogen-bond donors (Lipinski definition) is 1. The molecular weight excluding hydrogens is 346 g/mol. The van der Waals surface area contributed by atoms with Crippen LogP contribution >= 0.6 is 23.4 Å². The number of amides is 2. The molecule has 1 aromatic carbocycles. The average molecular weight is 370 g/mol. The normalized spacial score (nSPS) is 17.9. The number of carbonyl (C=O) groups excluding carboxylic acids is 2. The van der Waals surface area contributed by atoms with E-state index in [0.29, 0.717) is 35.3 Å². The fraction of sp³-hybridized carbons (Fsp3) is 0.529. The summed E-state index contributed by atoms with van der Waals surface area (Å²) in [5.74, 6) is 0.961. The highest BCUT2D eigenvalue weighted by atomic mass is 35.5. The van der Waals surface area contributed by atoms with Gasteiger partial charge in [0.1, 0.15) is 6.04 Å². The second-order valence-corrected chi connectivity index (χ2v) is 8.30. The Morgan fingerprint density at radius 3 is 2.58 bits per heavy atom. The lowest BCUT2D eigenvalue weighted by atomic mass is 9.93. The molecule has 1 saturated heterocycles. The maximum absolute atomic E-state index is 12.8. The lowest BCUT2D eigenvalue weighted by Crippen LogP contribution is -2.50. The molecule has 0 aliphatic carbocycles. The van der Waals surface area contributed by atoms with Gasteiger partial charge in [-0.25, -0.2) is 0 Å². The van der Waals surface area contributed by atoms with Crippen molar-refractivity contribution in [1.29, 1.82) is 0 Å². The van der Waals surface area contributed by atoms with Gasteiger partial charge in [-0.1, -0.05) is 25.4 Å². The lowest BCUT2D eigenvalue weighted by Gasteiger charge is -2.32. The van der Waals surface area contributed by atoms with Gasteiger partial charge in [-0.3, -0.25) is 9.59 Å². The third kappa shape index (κ3) is 4.43. The predicted molar refractivity (Wildman–Crippen MR) is 99.2 cm³/mol. The summed E-state index contributed by atoms with van der Waals surface area (Å²) in [7, 11) is 1.77. The molecule has 2 amide bonds. The van der Waals surface area contributed by atoms with Crippen LogP contribution in [0.2, 0.25) is 5.02 Å². The van der Waals surface area contributed by atoms with Gasteiger partial charge >= 0.3 is 0 Å². The minimum Gasteiger partial charge on any atom is -0.343 e. The Morgan fingerprint density at radius 2 is 2.00 bits per heavy atom. The van der Waals surface area contributed by atoms with E-state index in [2.05, 4.69) is 0 Å². The van der Waals surface area contributed by atoms with Gasteiger partial charge in [-0.2, -0.15) is 0 Å². The summed E-state index contributed by atoms with van der Waals surface area (Å²) in [5, 5.41) is 0.582. The number of likely N-dealkylation sites (N-methyl/N-ethyl adjacent to an activating group) is 1. The number of hydrogen-bond acceptors (Lipinski definition) is 4. The largest absolute Gasteiger partial charge is 0.343 e. The van der Waals surface area contributed by atoms with Crippen LogP contribution in [0, 0.1) is 5.41 Å². The Morgan fingerprint density at radius 1 is 1.38 bits per heavy atom. The van der Waals surface area contributed by atoms with E-state index in [4.69, 9.17) is 17.3 Å². The smallest absolute Gasteiger partial charge is 0.255 e. The molecule has 5 nitrogen and oxygen atoms in total. The van der Waals surface area contributed by atoms with E-state index in [1.165, 1.54) is 0 Å². The van der Waals surface area contributed by atoms with Crippen molar-refractivity contribution < 1.29 is 9.59 Å². The van der Waals surface area contributed by atoms with Gasteiger partial charge in [0, 0.05) is 29.9 Å². The van der Waals surface area contributed by atoms with Crippen molar-refractivity contribution in [3.05, 3.63) is 34.9 Å². The molecule has 132 valence electrons. The first-order chi connectivity index (χ1) is 11.2. The van der Waals surface area contributed by atoms with E-state index in [9.17, 15) is 9.59 Å². The zero-order valence-electron chi connectivity index (χ0n) is 14.3. The molecule has 0 saturated carbocycles. The summed E-state index contributed by atoms with van der Waals surface area (Å²) in [6, 6.07) is 6.32. The summed E-state index contributed by atoms with van der Waals surface area (Å²) in [5.41, 5.74) is 6.15. The van der Waals surface area contributed by atoms with Crippen LogP contribution in [0.25, 0.3) is 0 Å². The Labute approximate surface area is 152 Å². The first-order valence-corrected chi connectivity index (χ1v) is 9.38. The van der Waals surface area contributed by atoms with Crippen LogP contribution in [0.3, 0.4) is 0 Å². The topological polar surface area (TPSA) is 66.6 Å². The van der Waals surface area contributed by atoms with Crippen molar-refractivity contribution in [3.8, 4) is 0 Å². The molecule has 1 aromatic rings. The van der Waals surface area contributed by atoms with Crippen LogP contribution in [-0.2, 0) is 4.79 Å². The molecule has 0 radical (unpaired) electrons. The molecule has 1 atom stereocenters. The predicted octanol–water partition coefficient (Wildman–Crippen LogP) is 2.30. The van der Waals surface area contributed by atoms with Crippen LogP contribution in [-0.4, -0.2) is 59.4 Å². The van der Waals surface area contributed by atoms with Crippen LogP contribution in [0.4, 0.5) is 0 Å². The van der Waals surface area contributed by atoms with E-state index in [1.54, 1.807) is 52.9 Å². The van der Waals surface area contributed by atoms with Gasteiger partial charge < -0.3 is 15.5 Å². The van der Waals surface area contributed by atoms with Gasteiger partial charge in [0.25, 0.3) is 5.91 Å². The highest BCUT2D eigenvalue weighted by molar-refractivity contribution is 7.99. The van der Waals surface area contributed by atoms with Crippen molar-refractivity contribution in [2.75, 3.05) is 31.8 Å². The van der Waals surface area contributed by atoms with Gasteiger partial charge in [0.15, 0.2) is 0 Å². The molecule has 1 heterocycles. The first kappa shape index (κ1) is 19.1. The van der Waals surface area contributed by atoms with Crippen molar-refractivity contribution in [2.24, 2.45) is 11.1 Å². The molecule has 2 N–H and O–H groups in total. The third-order valence-corrected chi connectivity index (χ3v) is 5.38. The van der Waals surface area contributed by atoms with Crippen LogP contribution in [0.5, 0.6) is 0 Å². The molecule has 1 fully saturated rings. The first-order valence-electron chi connectivity index (χ1n) is 7.84. The Balaban J connectivity index is 2.10. The molecule has 0 bridgehead atoms. The standard InChI is InChI=1S/C17H24ClN3O2S/c1-17(2,9-19)10-20(3)16(23)14-8-24-11-21(14)15(22)12-4-6-13(18)7-5-12/h4-7,14H,8-11,19H2,1-3H3. The fourth-order valence-electron chi connectivity index (χ4n) is 2.64. The minimum absolute atomic E-state index is 0.0381. The number of nitrogens with two attached hydrogens (primary N) is 1. The van der Waals surface area contributed by atoms with Gasteiger partial charge in [0.2, 0.25) is 5.91 Å². The molecule has 7 heteroatoms. The maximum Gasteiger partial charge on any atom is 0.255 e.